The van der Waals surface area contributed by atoms with Gasteiger partial charge >= 0.3 is 5.97 Å². The number of carbonyl (C=O) groups is 4. The molecule has 2 aromatic rings. The second kappa shape index (κ2) is 12.1. The van der Waals surface area contributed by atoms with E-state index in [9.17, 15) is 29.4 Å². The Hall–Kier alpha value is -3.97. The molecule has 3 rings (SSSR count). The van der Waals surface area contributed by atoms with Crippen LogP contribution in [0.5, 0.6) is 5.75 Å². The molecule has 4 unspecified atom stereocenters. The Bertz CT molecular complexity index is 1060. The Morgan fingerprint density at radius 1 is 1.14 bits per heavy atom. The number of hydrogen-bond donors (Lipinski definition) is 7. The maximum atomic E-state index is 13.6. The fourth-order valence-corrected chi connectivity index (χ4v) is 4.03. The molecule has 0 aliphatic carbocycles. The summed E-state index contributed by atoms with van der Waals surface area (Å²) in [6.45, 7) is -0.564. The molecule has 1 fully saturated rings. The monoisotopic (exact) mass is 502 g/mol. The van der Waals surface area contributed by atoms with E-state index in [1.54, 1.807) is 12.1 Å². The molecule has 36 heavy (non-hydrogen) atoms. The molecule has 4 atom stereocenters. The van der Waals surface area contributed by atoms with E-state index < -0.39 is 54.5 Å². The highest BCUT2D eigenvalue weighted by molar-refractivity contribution is 5.94. The minimum absolute atomic E-state index is 0.0420. The van der Waals surface area contributed by atoms with Crippen molar-refractivity contribution in [2.75, 3.05) is 13.2 Å². The fourth-order valence-electron chi connectivity index (χ4n) is 4.03. The average molecular weight is 503 g/mol. The number of benzene rings is 1. The molecule has 13 nitrogen and oxygen atoms in total. The van der Waals surface area contributed by atoms with Gasteiger partial charge in [0.05, 0.1) is 19.0 Å². The predicted octanol–water partition coefficient (Wildman–Crippen LogP) is -1.73. The summed E-state index contributed by atoms with van der Waals surface area (Å²) in [5, 5.41) is 32.8. The van der Waals surface area contributed by atoms with Crippen molar-refractivity contribution in [1.29, 1.82) is 0 Å². The molecule has 1 saturated heterocycles. The number of carboxylic acid groups (broad SMARTS) is 1. The number of nitrogens with two attached hydrogens (primary N) is 1. The number of H-pyrrole nitrogens is 1. The first-order valence-corrected chi connectivity index (χ1v) is 11.4. The number of aromatic amines is 1. The minimum Gasteiger partial charge on any atom is -0.508 e. The fraction of sp³-hybridized carbons (Fsp3) is 0.435. The number of imidazole rings is 1. The Balaban J connectivity index is 1.77. The number of aromatic hydroxyl groups is 1. The van der Waals surface area contributed by atoms with Gasteiger partial charge in [0.1, 0.15) is 23.9 Å². The number of nitrogens with one attached hydrogen (secondary N) is 3. The van der Waals surface area contributed by atoms with Gasteiger partial charge in [0, 0.05) is 31.3 Å². The van der Waals surface area contributed by atoms with Crippen molar-refractivity contribution in [3.63, 3.8) is 0 Å². The van der Waals surface area contributed by atoms with E-state index in [0.29, 0.717) is 24.1 Å². The molecule has 0 spiro atoms. The number of aliphatic hydroxyl groups excluding tert-OH is 1. The number of hydrogen-bond acceptors (Lipinski definition) is 8. The van der Waals surface area contributed by atoms with Gasteiger partial charge in [-0.15, -0.1) is 0 Å². The molecule has 1 aromatic carbocycles. The van der Waals surface area contributed by atoms with Gasteiger partial charge in [-0.1, -0.05) is 12.1 Å². The van der Waals surface area contributed by atoms with Crippen LogP contribution >= 0.6 is 0 Å². The Labute approximate surface area is 206 Å². The second-order valence-corrected chi connectivity index (χ2v) is 8.59. The lowest BCUT2D eigenvalue weighted by Gasteiger charge is -2.30. The minimum atomic E-state index is -1.50. The highest BCUT2D eigenvalue weighted by Crippen LogP contribution is 2.21. The molecule has 13 heteroatoms. The van der Waals surface area contributed by atoms with Crippen LogP contribution in [0.2, 0.25) is 0 Å². The van der Waals surface area contributed by atoms with Crippen LogP contribution in [0.4, 0.5) is 0 Å². The van der Waals surface area contributed by atoms with E-state index in [0.717, 1.165) is 0 Å². The Kier molecular flexibility index (Phi) is 8.97. The molecular weight excluding hydrogens is 472 g/mol. The number of aliphatic carboxylic acids is 1. The summed E-state index contributed by atoms with van der Waals surface area (Å²) >= 11 is 0. The summed E-state index contributed by atoms with van der Waals surface area (Å²) in [6.07, 6.45) is 4.03. The number of carboxylic acids is 1. The first-order chi connectivity index (χ1) is 17.2. The van der Waals surface area contributed by atoms with Crippen LogP contribution in [0, 0.1) is 0 Å². The molecule has 1 aliphatic rings. The summed E-state index contributed by atoms with van der Waals surface area (Å²) in [6, 6.07) is 1.63. The molecule has 3 amide bonds. The van der Waals surface area contributed by atoms with Crippen molar-refractivity contribution in [2.45, 2.75) is 49.9 Å². The van der Waals surface area contributed by atoms with E-state index in [1.165, 1.54) is 29.6 Å². The number of phenolic OH excluding ortho intramolecular Hbond substituents is 1. The molecule has 0 bridgehead atoms. The zero-order chi connectivity index (χ0) is 26.2. The van der Waals surface area contributed by atoms with Gasteiger partial charge in [0.15, 0.2) is 0 Å². The van der Waals surface area contributed by atoms with Gasteiger partial charge in [-0.25, -0.2) is 9.78 Å². The molecule has 1 aromatic heterocycles. The smallest absolute Gasteiger partial charge is 0.328 e. The summed E-state index contributed by atoms with van der Waals surface area (Å²) in [7, 11) is 0. The van der Waals surface area contributed by atoms with Crippen molar-refractivity contribution < 1.29 is 34.5 Å². The number of rotatable bonds is 11. The largest absolute Gasteiger partial charge is 0.508 e. The number of aliphatic hydroxyl groups is 1. The molecule has 194 valence electrons. The van der Waals surface area contributed by atoms with E-state index in [2.05, 4.69) is 20.6 Å². The van der Waals surface area contributed by atoms with Crippen LogP contribution in [0.15, 0.2) is 36.8 Å². The van der Waals surface area contributed by atoms with Gasteiger partial charge in [-0.3, -0.25) is 14.4 Å². The van der Waals surface area contributed by atoms with Gasteiger partial charge < -0.3 is 41.6 Å². The summed E-state index contributed by atoms with van der Waals surface area (Å²) in [4.78, 5) is 58.4. The van der Waals surface area contributed by atoms with Gasteiger partial charge in [0.2, 0.25) is 17.7 Å². The first kappa shape index (κ1) is 26.6. The molecule has 8 N–H and O–H groups in total. The molecule has 2 heterocycles. The van der Waals surface area contributed by atoms with Crippen molar-refractivity contribution in [3.05, 3.63) is 48.0 Å². The van der Waals surface area contributed by atoms with E-state index in [1.807, 2.05) is 0 Å². The van der Waals surface area contributed by atoms with Crippen molar-refractivity contribution >= 4 is 23.7 Å². The molecular formula is C23H30N6O7. The zero-order valence-electron chi connectivity index (χ0n) is 19.5. The van der Waals surface area contributed by atoms with Gasteiger partial charge in [0.25, 0.3) is 0 Å². The first-order valence-electron chi connectivity index (χ1n) is 11.4. The zero-order valence-corrected chi connectivity index (χ0v) is 19.5. The van der Waals surface area contributed by atoms with E-state index in [-0.39, 0.29) is 25.1 Å². The number of phenols is 1. The number of aromatic nitrogens is 2. The maximum absolute atomic E-state index is 13.6. The summed E-state index contributed by atoms with van der Waals surface area (Å²) in [5.74, 6) is -3.16. The number of likely N-dealkylation sites (tertiary alicyclic amines) is 1. The van der Waals surface area contributed by atoms with Crippen molar-refractivity contribution in [2.24, 2.45) is 5.73 Å². The maximum Gasteiger partial charge on any atom is 0.328 e. The standard InChI is InChI=1S/C23H30N6O7/c24-16(9-14-10-25-12-26-14)20(32)27-17(8-13-3-5-15(31)6-4-13)22(34)29-7-1-2-19(29)21(33)28-18(11-30)23(35)36/h3-6,10,12,16-19,30-31H,1-2,7-9,11,24H2,(H,25,26)(H,27,32)(H,28,33)(H,35,36). The highest BCUT2D eigenvalue weighted by atomic mass is 16.4. The summed E-state index contributed by atoms with van der Waals surface area (Å²) in [5.41, 5.74) is 7.33. The van der Waals surface area contributed by atoms with Crippen molar-refractivity contribution in [1.82, 2.24) is 25.5 Å². The Morgan fingerprint density at radius 3 is 2.47 bits per heavy atom. The predicted molar refractivity (Wildman–Crippen MR) is 125 cm³/mol. The third-order valence-electron chi connectivity index (χ3n) is 5.96. The summed E-state index contributed by atoms with van der Waals surface area (Å²) < 4.78 is 0. The van der Waals surface area contributed by atoms with E-state index in [4.69, 9.17) is 10.8 Å². The van der Waals surface area contributed by atoms with Crippen LogP contribution in [0.3, 0.4) is 0 Å². The van der Waals surface area contributed by atoms with Gasteiger partial charge in [-0.2, -0.15) is 0 Å². The lowest BCUT2D eigenvalue weighted by molar-refractivity contribution is -0.145. The lowest BCUT2D eigenvalue weighted by Crippen LogP contribution is -2.57. The van der Waals surface area contributed by atoms with Crippen LogP contribution < -0.4 is 16.4 Å². The second-order valence-electron chi connectivity index (χ2n) is 8.59. The molecule has 1 aliphatic heterocycles. The average Bonchev–Trinajstić information content (AvgIpc) is 3.55. The van der Waals surface area contributed by atoms with Crippen LogP contribution in [0.25, 0.3) is 0 Å². The number of nitrogens with zero attached hydrogens (tertiary/aromatic N) is 2. The third kappa shape index (κ3) is 6.79. The highest BCUT2D eigenvalue weighted by Gasteiger charge is 2.39. The normalized spacial score (nSPS) is 17.7. The van der Waals surface area contributed by atoms with Crippen LogP contribution in [0.1, 0.15) is 24.1 Å². The van der Waals surface area contributed by atoms with Crippen LogP contribution in [-0.4, -0.2) is 91.2 Å². The third-order valence-corrected chi connectivity index (χ3v) is 5.96. The number of amides is 3. The van der Waals surface area contributed by atoms with Crippen molar-refractivity contribution in [3.8, 4) is 5.75 Å². The van der Waals surface area contributed by atoms with E-state index >= 15 is 0 Å². The molecule has 0 saturated carbocycles. The SMILES string of the molecule is NC(Cc1cnc[nH]1)C(=O)NC(Cc1ccc(O)cc1)C(=O)N1CCCC1C(=O)NC(CO)C(=O)O. The quantitative estimate of drug-likeness (QED) is 0.186. The lowest BCUT2D eigenvalue weighted by atomic mass is 10.0. The topological polar surface area (TPSA) is 211 Å². The van der Waals surface area contributed by atoms with Crippen LogP contribution in [-0.2, 0) is 32.0 Å². The van der Waals surface area contributed by atoms with Gasteiger partial charge in [-0.05, 0) is 30.5 Å². The number of carbonyl (C=O) groups excluding carboxylic acids is 3. The molecule has 0 radical (unpaired) electrons. The Morgan fingerprint density at radius 2 is 1.86 bits per heavy atom.